The van der Waals surface area contributed by atoms with Crippen LogP contribution in [-0.2, 0) is 6.54 Å². The maximum absolute atomic E-state index is 6.69. The third-order valence-corrected chi connectivity index (χ3v) is 10.3. The summed E-state index contributed by atoms with van der Waals surface area (Å²) in [6, 6.07) is 60.2. The topological polar surface area (TPSA) is 63.4 Å². The highest BCUT2D eigenvalue weighted by atomic mass is 16.3. The molecule has 0 aliphatic rings. The molecular formula is C50H33N3O2. The van der Waals surface area contributed by atoms with Gasteiger partial charge in [-0.1, -0.05) is 158 Å². The van der Waals surface area contributed by atoms with Crippen molar-refractivity contribution >= 4 is 73.0 Å². The highest BCUT2D eigenvalue weighted by Gasteiger charge is 2.20. The Morgan fingerprint density at radius 3 is 1.95 bits per heavy atom. The highest BCUT2D eigenvalue weighted by molar-refractivity contribution is 6.23. The summed E-state index contributed by atoms with van der Waals surface area (Å²) in [6.07, 6.45) is 0. The van der Waals surface area contributed by atoms with Gasteiger partial charge in [0.1, 0.15) is 22.3 Å². The molecule has 0 spiro atoms. The van der Waals surface area contributed by atoms with E-state index in [4.69, 9.17) is 18.8 Å². The highest BCUT2D eigenvalue weighted by Crippen LogP contribution is 2.42. The van der Waals surface area contributed by atoms with E-state index in [0.29, 0.717) is 18.2 Å². The van der Waals surface area contributed by atoms with Gasteiger partial charge in [0.2, 0.25) is 0 Å². The summed E-state index contributed by atoms with van der Waals surface area (Å²) in [6.45, 7) is 4.45. The Morgan fingerprint density at radius 1 is 0.491 bits per heavy atom. The zero-order valence-electron chi connectivity index (χ0n) is 29.8. The molecule has 55 heavy (non-hydrogen) atoms. The molecule has 0 N–H and O–H groups in total. The van der Waals surface area contributed by atoms with Crippen molar-refractivity contribution in [2.24, 2.45) is 15.0 Å². The monoisotopic (exact) mass is 707 g/mol. The lowest BCUT2D eigenvalue weighted by molar-refractivity contribution is 0.665. The first-order valence-electron chi connectivity index (χ1n) is 18.3. The zero-order chi connectivity index (χ0) is 36.7. The number of aliphatic imine (C=N–C) groups is 3. The number of amidine groups is 2. The maximum atomic E-state index is 6.69. The van der Waals surface area contributed by atoms with Crippen LogP contribution < -0.4 is 0 Å². The minimum atomic E-state index is 0.448. The van der Waals surface area contributed by atoms with E-state index in [9.17, 15) is 0 Å². The van der Waals surface area contributed by atoms with E-state index < -0.39 is 0 Å². The van der Waals surface area contributed by atoms with Crippen LogP contribution in [0.3, 0.4) is 0 Å². The molecule has 0 bridgehead atoms. The van der Waals surface area contributed by atoms with Crippen LogP contribution >= 0.6 is 0 Å². The molecule has 8 aromatic carbocycles. The predicted molar refractivity (Wildman–Crippen MR) is 229 cm³/mol. The van der Waals surface area contributed by atoms with E-state index >= 15 is 0 Å². The Balaban J connectivity index is 1.11. The molecule has 0 aliphatic carbocycles. The Morgan fingerprint density at radius 2 is 1.13 bits per heavy atom. The second kappa shape index (κ2) is 13.6. The Labute approximate surface area is 317 Å². The Hall–Kier alpha value is -7.37. The first kappa shape index (κ1) is 32.3. The van der Waals surface area contributed by atoms with E-state index in [1.807, 2.05) is 54.6 Å². The van der Waals surface area contributed by atoms with Crippen molar-refractivity contribution in [3.63, 3.8) is 0 Å². The number of hydrogen-bond acceptors (Lipinski definition) is 3. The second-order valence-electron chi connectivity index (χ2n) is 13.6. The second-order valence-corrected chi connectivity index (χ2v) is 13.6. The van der Waals surface area contributed by atoms with Crippen molar-refractivity contribution in [3.05, 3.63) is 193 Å². The van der Waals surface area contributed by atoms with Crippen LogP contribution in [0.25, 0.3) is 76.9 Å². The van der Waals surface area contributed by atoms with Crippen molar-refractivity contribution < 1.29 is 8.83 Å². The number of benzene rings is 8. The van der Waals surface area contributed by atoms with Crippen LogP contribution in [0.4, 0.5) is 0 Å². The summed E-state index contributed by atoms with van der Waals surface area (Å²) >= 11 is 0. The quantitative estimate of drug-likeness (QED) is 0.128. The summed E-state index contributed by atoms with van der Waals surface area (Å²) in [5, 5.41) is 6.39. The van der Waals surface area contributed by atoms with Gasteiger partial charge in [0.05, 0.1) is 6.54 Å². The third-order valence-electron chi connectivity index (χ3n) is 10.3. The van der Waals surface area contributed by atoms with Crippen LogP contribution in [0.15, 0.2) is 200 Å². The third kappa shape index (κ3) is 5.79. The van der Waals surface area contributed by atoms with Crippen molar-refractivity contribution in [2.75, 3.05) is 0 Å². The fourth-order valence-corrected chi connectivity index (χ4v) is 7.62. The molecule has 2 aromatic heterocycles. The van der Waals surface area contributed by atoms with Gasteiger partial charge in [0.25, 0.3) is 0 Å². The SMILES string of the molecule is C=N/C(=N\C(=N/Cc1ccc2ccccc2c1)c1ccc(-c2ccccc2)cc1)c1cccc2oc3c(-c4cccc5c4oc4ccccc45)cccc3c12. The normalized spacial score (nSPS) is 12.4. The Bertz CT molecular complexity index is 3130. The van der Waals surface area contributed by atoms with Crippen molar-refractivity contribution in [1.82, 2.24) is 0 Å². The van der Waals surface area contributed by atoms with Crippen molar-refractivity contribution in [1.29, 1.82) is 0 Å². The largest absolute Gasteiger partial charge is 0.455 e. The first-order chi connectivity index (χ1) is 27.2. The fourth-order valence-electron chi connectivity index (χ4n) is 7.62. The molecule has 0 aliphatic heterocycles. The van der Waals surface area contributed by atoms with Crippen molar-refractivity contribution in [3.8, 4) is 22.3 Å². The lowest BCUT2D eigenvalue weighted by Crippen LogP contribution is -2.06. The standard InChI is InChI=1S/C50H33N3O2/c1-51-50(53-49(36-28-26-35(27-29-36)33-12-3-2-4-13-33)52-31-32-24-25-34-14-5-6-15-37(34)30-32)43-21-11-23-45-46(43)42-20-10-19-41(48(42)55-45)40-18-9-17-39-38-16-7-8-22-44(38)54-47(39)40/h2-30H,1,31H2/b52-49-,53-50-. The molecule has 5 heteroatoms. The maximum Gasteiger partial charge on any atom is 0.161 e. The molecule has 0 fully saturated rings. The van der Waals surface area contributed by atoms with Crippen LogP contribution in [0.5, 0.6) is 0 Å². The van der Waals surface area contributed by atoms with Gasteiger partial charge in [0.15, 0.2) is 11.7 Å². The molecular weight excluding hydrogens is 675 g/mol. The lowest BCUT2D eigenvalue weighted by atomic mass is 9.98. The van der Waals surface area contributed by atoms with Gasteiger partial charge < -0.3 is 8.83 Å². The van der Waals surface area contributed by atoms with E-state index in [0.717, 1.165) is 82.8 Å². The van der Waals surface area contributed by atoms with Crippen LogP contribution in [0.1, 0.15) is 16.7 Å². The summed E-state index contributed by atoms with van der Waals surface area (Å²) in [5.41, 5.74) is 10.2. The van der Waals surface area contributed by atoms with Gasteiger partial charge in [-0.3, -0.25) is 4.99 Å². The molecule has 10 aromatic rings. The summed E-state index contributed by atoms with van der Waals surface area (Å²) in [7, 11) is 0. The van der Waals surface area contributed by atoms with Gasteiger partial charge in [-0.25, -0.2) is 9.98 Å². The molecule has 0 unspecified atom stereocenters. The molecule has 0 saturated heterocycles. The van der Waals surface area contributed by atoms with Gasteiger partial charge in [0, 0.05) is 43.8 Å². The molecule has 10 rings (SSSR count). The number of nitrogens with zero attached hydrogens (tertiary/aromatic N) is 3. The van der Waals surface area contributed by atoms with Gasteiger partial charge in [-0.2, -0.15) is 0 Å². The van der Waals surface area contributed by atoms with Crippen LogP contribution in [0.2, 0.25) is 0 Å². The van der Waals surface area contributed by atoms with Gasteiger partial charge >= 0.3 is 0 Å². The molecule has 0 amide bonds. The predicted octanol–water partition coefficient (Wildman–Crippen LogP) is 13.1. The summed E-state index contributed by atoms with van der Waals surface area (Å²) < 4.78 is 13.1. The van der Waals surface area contributed by atoms with Crippen LogP contribution in [0, 0.1) is 0 Å². The fraction of sp³-hybridized carbons (Fsp3) is 0.0200. The van der Waals surface area contributed by atoms with Crippen LogP contribution in [-0.4, -0.2) is 18.4 Å². The average Bonchev–Trinajstić information content (AvgIpc) is 3.83. The number of hydrogen-bond donors (Lipinski definition) is 0. The number of fused-ring (bicyclic) bond motifs is 7. The van der Waals surface area contributed by atoms with E-state index in [1.54, 1.807) is 0 Å². The summed E-state index contributed by atoms with van der Waals surface area (Å²) in [5.74, 6) is 1.03. The van der Waals surface area contributed by atoms with Gasteiger partial charge in [-0.05, 0) is 52.4 Å². The smallest absolute Gasteiger partial charge is 0.161 e. The molecule has 0 radical (unpaired) electrons. The van der Waals surface area contributed by atoms with Gasteiger partial charge in [-0.15, -0.1) is 0 Å². The van der Waals surface area contributed by atoms with E-state index in [2.05, 4.69) is 133 Å². The Kier molecular flexibility index (Phi) is 7.96. The average molecular weight is 708 g/mol. The number of para-hydroxylation sites is 3. The minimum Gasteiger partial charge on any atom is -0.455 e. The number of furan rings is 2. The molecule has 2 heterocycles. The zero-order valence-corrected chi connectivity index (χ0v) is 29.8. The lowest BCUT2D eigenvalue weighted by Gasteiger charge is -2.09. The molecule has 260 valence electrons. The molecule has 0 saturated carbocycles. The summed E-state index contributed by atoms with van der Waals surface area (Å²) in [4.78, 5) is 14.8. The molecule has 5 nitrogen and oxygen atoms in total. The molecule has 0 atom stereocenters. The van der Waals surface area contributed by atoms with E-state index in [-0.39, 0.29) is 0 Å². The van der Waals surface area contributed by atoms with E-state index in [1.165, 1.54) is 10.8 Å². The minimum absolute atomic E-state index is 0.448. The number of rotatable bonds is 6. The van der Waals surface area contributed by atoms with Crippen molar-refractivity contribution in [2.45, 2.75) is 6.54 Å². The first-order valence-corrected chi connectivity index (χ1v) is 18.3.